The molecule has 1 aromatic heterocycles. The summed E-state index contributed by atoms with van der Waals surface area (Å²) in [6.45, 7) is 0. The Balaban J connectivity index is 2.18. The molecule has 6 heteroatoms. The second-order valence-electron chi connectivity index (χ2n) is 4.96. The molecule has 2 heterocycles. The summed E-state index contributed by atoms with van der Waals surface area (Å²) in [6, 6.07) is 7.86. The number of hydrogen-bond donors (Lipinski definition) is 0. The Bertz CT molecular complexity index is 891. The van der Waals surface area contributed by atoms with Gasteiger partial charge in [0.15, 0.2) is 0 Å². The Morgan fingerprint density at radius 2 is 1.83 bits per heavy atom. The third-order valence-electron chi connectivity index (χ3n) is 3.61. The minimum Gasteiger partial charge on any atom is -0.465 e. The highest BCUT2D eigenvalue weighted by atomic mass is 32.1. The predicted octanol–water partition coefficient (Wildman–Crippen LogP) is 3.39. The lowest BCUT2D eigenvalue weighted by molar-refractivity contribution is -0.139. The van der Waals surface area contributed by atoms with Gasteiger partial charge in [0.05, 0.1) is 19.8 Å². The number of carbonyl (C=O) groups excluding carboxylic acids is 2. The first kappa shape index (κ1) is 16.0. The molecule has 2 aromatic rings. The number of ether oxygens (including phenoxy) is 2. The molecule has 0 radical (unpaired) electrons. The minimum atomic E-state index is -0.613. The van der Waals surface area contributed by atoms with Gasteiger partial charge in [0.1, 0.15) is 5.70 Å². The van der Waals surface area contributed by atoms with Crippen LogP contribution < -0.4 is 4.90 Å². The summed E-state index contributed by atoms with van der Waals surface area (Å²) in [5.74, 6) is -1.21. The van der Waals surface area contributed by atoms with Gasteiger partial charge in [0.2, 0.25) is 0 Å². The summed E-state index contributed by atoms with van der Waals surface area (Å²) in [6.07, 6.45) is 6.68. The fourth-order valence-electron chi connectivity index (χ4n) is 2.46. The lowest BCUT2D eigenvalue weighted by Crippen LogP contribution is -2.26. The van der Waals surface area contributed by atoms with E-state index in [1.807, 2.05) is 29.6 Å². The van der Waals surface area contributed by atoms with Gasteiger partial charge >= 0.3 is 11.9 Å². The predicted molar refractivity (Wildman–Crippen MR) is 93.6 cm³/mol. The van der Waals surface area contributed by atoms with Crippen LogP contribution >= 0.6 is 11.3 Å². The number of hydrogen-bond acceptors (Lipinski definition) is 6. The number of methoxy groups -OCH3 is 2. The van der Waals surface area contributed by atoms with Crippen LogP contribution in [0.2, 0.25) is 0 Å². The number of allylic oxidation sites excluding steroid dienone is 2. The standard InChI is InChI=1S/C18H15NO4S/c1-22-17(20)14-5-3-4-9-19(16(14)18(21)23-2)13-7-6-12-8-10-24-15(12)11-13/h3-11H,1-2H3. The Hall–Kier alpha value is -2.86. The summed E-state index contributed by atoms with van der Waals surface area (Å²) in [4.78, 5) is 26.1. The number of fused-ring (bicyclic) bond motifs is 1. The number of carbonyl (C=O) groups is 2. The summed E-state index contributed by atoms with van der Waals surface area (Å²) < 4.78 is 10.8. The van der Waals surface area contributed by atoms with Crippen LogP contribution in [0, 0.1) is 0 Å². The molecule has 5 nitrogen and oxygen atoms in total. The van der Waals surface area contributed by atoms with Crippen molar-refractivity contribution in [2.24, 2.45) is 0 Å². The van der Waals surface area contributed by atoms with E-state index in [-0.39, 0.29) is 11.3 Å². The SMILES string of the molecule is COC(=O)C1=C(C(=O)OC)N(c2ccc3ccsc3c2)C=CC=C1. The van der Waals surface area contributed by atoms with Gasteiger partial charge in [-0.25, -0.2) is 9.59 Å². The average molecular weight is 341 g/mol. The zero-order chi connectivity index (χ0) is 17.1. The highest BCUT2D eigenvalue weighted by Crippen LogP contribution is 2.31. The quantitative estimate of drug-likeness (QED) is 0.801. The molecule has 1 aliphatic rings. The fourth-order valence-corrected chi connectivity index (χ4v) is 3.28. The maximum Gasteiger partial charge on any atom is 0.355 e. The highest BCUT2D eigenvalue weighted by Gasteiger charge is 2.27. The minimum absolute atomic E-state index is 0.116. The molecule has 0 N–H and O–H groups in total. The third kappa shape index (κ3) is 2.83. The van der Waals surface area contributed by atoms with Crippen LogP contribution in [0.5, 0.6) is 0 Å². The van der Waals surface area contributed by atoms with Crippen molar-refractivity contribution >= 4 is 39.0 Å². The summed E-state index contributed by atoms with van der Waals surface area (Å²) in [5, 5.41) is 3.13. The van der Waals surface area contributed by atoms with Crippen molar-refractivity contribution in [2.45, 2.75) is 0 Å². The molecule has 0 aliphatic carbocycles. The molecule has 1 aliphatic heterocycles. The Morgan fingerprint density at radius 3 is 2.58 bits per heavy atom. The maximum absolute atomic E-state index is 12.4. The fraction of sp³-hybridized carbons (Fsp3) is 0.111. The van der Waals surface area contributed by atoms with E-state index in [1.165, 1.54) is 20.3 Å². The number of anilines is 1. The van der Waals surface area contributed by atoms with Gasteiger partial charge in [-0.1, -0.05) is 12.1 Å². The van der Waals surface area contributed by atoms with E-state index >= 15 is 0 Å². The van der Waals surface area contributed by atoms with E-state index in [0.29, 0.717) is 0 Å². The molecule has 1 aromatic carbocycles. The van der Waals surface area contributed by atoms with E-state index in [4.69, 9.17) is 9.47 Å². The lowest BCUT2D eigenvalue weighted by Gasteiger charge is -2.23. The smallest absolute Gasteiger partial charge is 0.355 e. The molecule has 0 saturated carbocycles. The number of rotatable bonds is 3. The first-order chi connectivity index (χ1) is 11.7. The summed E-state index contributed by atoms with van der Waals surface area (Å²) >= 11 is 1.61. The second kappa shape index (κ2) is 6.72. The molecule has 0 atom stereocenters. The molecular weight excluding hydrogens is 326 g/mol. The Morgan fingerprint density at radius 1 is 1.04 bits per heavy atom. The molecule has 0 fully saturated rings. The number of thiophene rings is 1. The topological polar surface area (TPSA) is 55.8 Å². The second-order valence-corrected chi connectivity index (χ2v) is 5.91. The van der Waals surface area contributed by atoms with Crippen LogP contribution in [0.1, 0.15) is 0 Å². The Kier molecular flexibility index (Phi) is 4.48. The largest absolute Gasteiger partial charge is 0.465 e. The van der Waals surface area contributed by atoms with Gasteiger partial charge in [-0.05, 0) is 41.1 Å². The van der Waals surface area contributed by atoms with E-state index in [2.05, 4.69) is 0 Å². The lowest BCUT2D eigenvalue weighted by atomic mass is 10.1. The average Bonchev–Trinajstić information content (AvgIpc) is 2.97. The maximum atomic E-state index is 12.4. The van der Waals surface area contributed by atoms with Gasteiger partial charge in [-0.3, -0.25) is 0 Å². The number of nitrogens with zero attached hydrogens (tertiary/aromatic N) is 1. The van der Waals surface area contributed by atoms with Crippen molar-refractivity contribution in [3.8, 4) is 0 Å². The molecule has 0 saturated heterocycles. The van der Waals surface area contributed by atoms with Crippen molar-refractivity contribution in [1.29, 1.82) is 0 Å². The van der Waals surface area contributed by atoms with E-state index in [0.717, 1.165) is 15.8 Å². The van der Waals surface area contributed by atoms with Gasteiger partial charge in [0.25, 0.3) is 0 Å². The molecule has 0 amide bonds. The first-order valence-electron chi connectivity index (χ1n) is 7.18. The van der Waals surface area contributed by atoms with Crippen molar-refractivity contribution < 1.29 is 19.1 Å². The molecular formula is C18H15NO4S. The summed E-state index contributed by atoms with van der Waals surface area (Å²) in [7, 11) is 2.56. The van der Waals surface area contributed by atoms with E-state index in [9.17, 15) is 9.59 Å². The molecule has 122 valence electrons. The molecule has 3 rings (SSSR count). The van der Waals surface area contributed by atoms with Crippen molar-refractivity contribution in [2.75, 3.05) is 19.1 Å². The van der Waals surface area contributed by atoms with Gasteiger partial charge < -0.3 is 14.4 Å². The molecule has 0 unspecified atom stereocenters. The van der Waals surface area contributed by atoms with Crippen molar-refractivity contribution in [3.05, 3.63) is 65.3 Å². The zero-order valence-electron chi connectivity index (χ0n) is 13.2. The first-order valence-corrected chi connectivity index (χ1v) is 8.06. The summed E-state index contributed by atoms with van der Waals surface area (Å²) in [5.41, 5.74) is 1.01. The van der Waals surface area contributed by atoms with E-state index in [1.54, 1.807) is 34.6 Å². The molecule has 0 spiro atoms. The van der Waals surface area contributed by atoms with Crippen LogP contribution in [-0.4, -0.2) is 26.2 Å². The molecule has 24 heavy (non-hydrogen) atoms. The number of benzene rings is 1. The van der Waals surface area contributed by atoms with Crippen molar-refractivity contribution in [3.63, 3.8) is 0 Å². The number of esters is 2. The van der Waals surface area contributed by atoms with Crippen molar-refractivity contribution in [1.82, 2.24) is 0 Å². The van der Waals surface area contributed by atoms with Gasteiger partial charge in [-0.15, -0.1) is 11.3 Å². The molecule has 0 bridgehead atoms. The van der Waals surface area contributed by atoms with Crippen LogP contribution in [0.15, 0.2) is 65.3 Å². The van der Waals surface area contributed by atoms with Gasteiger partial charge in [-0.2, -0.15) is 0 Å². The Labute approximate surface area is 143 Å². The van der Waals surface area contributed by atoms with E-state index < -0.39 is 11.9 Å². The van der Waals surface area contributed by atoms with Crippen LogP contribution in [0.4, 0.5) is 5.69 Å². The van der Waals surface area contributed by atoms with Crippen LogP contribution in [0.25, 0.3) is 10.1 Å². The van der Waals surface area contributed by atoms with Crippen LogP contribution in [-0.2, 0) is 19.1 Å². The zero-order valence-corrected chi connectivity index (χ0v) is 14.0. The monoisotopic (exact) mass is 341 g/mol. The van der Waals surface area contributed by atoms with Gasteiger partial charge in [0, 0.05) is 16.6 Å². The highest BCUT2D eigenvalue weighted by molar-refractivity contribution is 7.17. The third-order valence-corrected chi connectivity index (χ3v) is 4.49. The normalized spacial score (nSPS) is 14.0. The van der Waals surface area contributed by atoms with Crippen LogP contribution in [0.3, 0.4) is 0 Å².